The average Bonchev–Trinajstić information content (AvgIpc) is 2.59. The van der Waals surface area contributed by atoms with Gasteiger partial charge in [0, 0.05) is 26.7 Å². The molecule has 1 rings (SSSR count). The van der Waals surface area contributed by atoms with Crippen LogP contribution in [0.4, 0.5) is 0 Å². The van der Waals surface area contributed by atoms with Crippen molar-refractivity contribution in [2.75, 3.05) is 26.7 Å². The molecule has 0 radical (unpaired) electrons. The largest absolute Gasteiger partial charge is 0.0925 e. The van der Waals surface area contributed by atoms with Crippen molar-refractivity contribution in [3.05, 3.63) is 0 Å². The van der Waals surface area contributed by atoms with Crippen LogP contribution in [0.25, 0.3) is 0 Å². The number of alkyl halides is 5. The van der Waals surface area contributed by atoms with Crippen molar-refractivity contribution in [3.8, 4) is 0 Å². The molecule has 1 saturated carbocycles. The molecule has 0 aliphatic heterocycles. The lowest BCUT2D eigenvalue weighted by molar-refractivity contribution is 0.374. The first kappa shape index (κ1) is 15.5. The Morgan fingerprint density at radius 2 is 0.533 bits per heavy atom. The quantitative estimate of drug-likeness (QED) is 0.433. The zero-order valence-electron chi connectivity index (χ0n) is 8.31. The highest BCUT2D eigenvalue weighted by molar-refractivity contribution is 9.10. The number of hydrogen-bond acceptors (Lipinski definition) is 0. The molecule has 0 aromatic rings. The molecule has 0 nitrogen and oxygen atoms in total. The van der Waals surface area contributed by atoms with E-state index in [2.05, 4.69) is 79.6 Å². The molecule has 0 spiro atoms. The first-order chi connectivity index (χ1) is 7.24. The Morgan fingerprint density at radius 1 is 0.400 bits per heavy atom. The molecule has 1 aliphatic rings. The van der Waals surface area contributed by atoms with Crippen LogP contribution in [0.1, 0.15) is 0 Å². The van der Waals surface area contributed by atoms with E-state index in [1.165, 1.54) is 0 Å². The van der Waals surface area contributed by atoms with Crippen molar-refractivity contribution in [1.29, 1.82) is 0 Å². The minimum Gasteiger partial charge on any atom is -0.0925 e. The Bertz CT molecular complexity index is 130. The summed E-state index contributed by atoms with van der Waals surface area (Å²) in [7, 11) is 0. The number of rotatable bonds is 5. The minimum atomic E-state index is 0.786. The van der Waals surface area contributed by atoms with Crippen molar-refractivity contribution in [2.45, 2.75) is 0 Å². The standard InChI is InChI=1S/C10H15Br5/c11-1-6-7(2-12)9(4-14)10(5-15)8(6)3-13/h6-10H,1-5H2. The summed E-state index contributed by atoms with van der Waals surface area (Å²) < 4.78 is 0. The maximum absolute atomic E-state index is 3.68. The number of halogens is 5. The molecule has 0 saturated heterocycles. The molecule has 0 atom stereocenters. The van der Waals surface area contributed by atoms with Gasteiger partial charge in [-0.15, -0.1) is 0 Å². The maximum atomic E-state index is 3.68. The summed E-state index contributed by atoms with van der Waals surface area (Å²) in [5.41, 5.74) is 0. The average molecular weight is 535 g/mol. The predicted molar refractivity (Wildman–Crippen MR) is 86.4 cm³/mol. The topological polar surface area (TPSA) is 0 Å². The Labute approximate surface area is 134 Å². The fourth-order valence-corrected chi connectivity index (χ4v) is 7.53. The summed E-state index contributed by atoms with van der Waals surface area (Å²) in [5, 5.41) is 5.59. The van der Waals surface area contributed by atoms with Crippen molar-refractivity contribution in [1.82, 2.24) is 0 Å². The third-order valence-corrected chi connectivity index (χ3v) is 7.38. The zero-order chi connectivity index (χ0) is 11.4. The van der Waals surface area contributed by atoms with Crippen LogP contribution in [-0.4, -0.2) is 26.7 Å². The number of hydrogen-bond donors (Lipinski definition) is 0. The summed E-state index contributed by atoms with van der Waals surface area (Å²) in [4.78, 5) is 0. The van der Waals surface area contributed by atoms with Gasteiger partial charge in [-0.2, -0.15) is 0 Å². The first-order valence-electron chi connectivity index (χ1n) is 5.04. The van der Waals surface area contributed by atoms with Gasteiger partial charge < -0.3 is 0 Å². The summed E-state index contributed by atoms with van der Waals surface area (Å²) in [5.74, 6) is 3.93. The van der Waals surface area contributed by atoms with Gasteiger partial charge in [0.05, 0.1) is 0 Å². The molecule has 0 N–H and O–H groups in total. The fourth-order valence-electron chi connectivity index (χ4n) is 2.73. The second-order valence-corrected chi connectivity index (χ2v) is 7.33. The third-order valence-electron chi connectivity index (χ3n) is 3.64. The fraction of sp³-hybridized carbons (Fsp3) is 1.00. The molecule has 0 amide bonds. The Hall–Kier alpha value is 2.40. The van der Waals surface area contributed by atoms with Crippen LogP contribution in [0.15, 0.2) is 0 Å². The van der Waals surface area contributed by atoms with E-state index in [0.29, 0.717) is 0 Å². The Kier molecular flexibility index (Phi) is 7.99. The van der Waals surface area contributed by atoms with Crippen LogP contribution < -0.4 is 0 Å². The second kappa shape index (κ2) is 7.75. The van der Waals surface area contributed by atoms with Gasteiger partial charge in [0.25, 0.3) is 0 Å². The molecule has 0 unspecified atom stereocenters. The van der Waals surface area contributed by atoms with Gasteiger partial charge in [-0.1, -0.05) is 79.6 Å². The zero-order valence-corrected chi connectivity index (χ0v) is 16.2. The van der Waals surface area contributed by atoms with Gasteiger partial charge in [-0.3, -0.25) is 0 Å². The van der Waals surface area contributed by atoms with Crippen LogP contribution in [0, 0.1) is 29.6 Å². The molecular weight excluding hydrogens is 520 g/mol. The minimum absolute atomic E-state index is 0.786. The van der Waals surface area contributed by atoms with E-state index < -0.39 is 0 Å². The molecule has 0 heterocycles. The highest BCUT2D eigenvalue weighted by Gasteiger charge is 2.47. The van der Waals surface area contributed by atoms with E-state index >= 15 is 0 Å². The van der Waals surface area contributed by atoms with Crippen LogP contribution in [0.2, 0.25) is 0 Å². The maximum Gasteiger partial charge on any atom is 0.00657 e. The summed E-state index contributed by atoms with van der Waals surface area (Å²) >= 11 is 18.4. The second-order valence-electron chi connectivity index (χ2n) is 4.09. The van der Waals surface area contributed by atoms with E-state index in [1.807, 2.05) is 0 Å². The van der Waals surface area contributed by atoms with Crippen LogP contribution in [-0.2, 0) is 0 Å². The van der Waals surface area contributed by atoms with Gasteiger partial charge in [0.15, 0.2) is 0 Å². The van der Waals surface area contributed by atoms with Crippen LogP contribution in [0.3, 0.4) is 0 Å². The Balaban J connectivity index is 2.87. The normalized spacial score (nSPS) is 41.0. The molecule has 15 heavy (non-hydrogen) atoms. The molecular formula is C10H15Br5. The first-order valence-corrected chi connectivity index (χ1v) is 10.7. The summed E-state index contributed by atoms with van der Waals surface area (Å²) in [6.07, 6.45) is 0. The lowest BCUT2D eigenvalue weighted by Crippen LogP contribution is -2.21. The molecule has 0 aromatic heterocycles. The van der Waals surface area contributed by atoms with Crippen molar-refractivity contribution in [3.63, 3.8) is 0 Å². The van der Waals surface area contributed by atoms with Gasteiger partial charge in [0.2, 0.25) is 0 Å². The molecule has 1 fully saturated rings. The van der Waals surface area contributed by atoms with Gasteiger partial charge >= 0.3 is 0 Å². The summed E-state index contributed by atoms with van der Waals surface area (Å²) in [6, 6.07) is 0. The van der Waals surface area contributed by atoms with Gasteiger partial charge in [-0.05, 0) is 29.6 Å². The lowest BCUT2D eigenvalue weighted by Gasteiger charge is -2.21. The van der Waals surface area contributed by atoms with Crippen molar-refractivity contribution in [2.24, 2.45) is 29.6 Å². The van der Waals surface area contributed by atoms with E-state index in [4.69, 9.17) is 0 Å². The Morgan fingerprint density at radius 3 is 0.600 bits per heavy atom. The smallest absolute Gasteiger partial charge is 0.00657 e. The van der Waals surface area contributed by atoms with E-state index in [9.17, 15) is 0 Å². The molecule has 0 aromatic carbocycles. The summed E-state index contributed by atoms with van der Waals surface area (Å²) in [6.45, 7) is 0. The molecule has 90 valence electrons. The molecule has 5 heteroatoms. The SMILES string of the molecule is BrCC1C(CBr)C(CBr)C(CBr)C1CBr. The van der Waals surface area contributed by atoms with Crippen molar-refractivity contribution >= 4 is 79.6 Å². The predicted octanol–water partition coefficient (Wildman–Crippen LogP) is 5.06. The van der Waals surface area contributed by atoms with Gasteiger partial charge in [0.1, 0.15) is 0 Å². The van der Waals surface area contributed by atoms with E-state index in [-0.39, 0.29) is 0 Å². The highest BCUT2D eigenvalue weighted by atomic mass is 79.9. The van der Waals surface area contributed by atoms with Crippen LogP contribution in [0.5, 0.6) is 0 Å². The molecule has 1 aliphatic carbocycles. The van der Waals surface area contributed by atoms with E-state index in [0.717, 1.165) is 56.2 Å². The van der Waals surface area contributed by atoms with Gasteiger partial charge in [-0.25, -0.2) is 0 Å². The lowest BCUT2D eigenvalue weighted by atomic mass is 9.91. The van der Waals surface area contributed by atoms with Crippen molar-refractivity contribution < 1.29 is 0 Å². The highest BCUT2D eigenvalue weighted by Crippen LogP contribution is 2.49. The van der Waals surface area contributed by atoms with E-state index in [1.54, 1.807) is 0 Å². The molecule has 0 bridgehead atoms. The monoisotopic (exact) mass is 530 g/mol. The third kappa shape index (κ3) is 3.24. The van der Waals surface area contributed by atoms with Crippen LogP contribution >= 0.6 is 79.6 Å².